The first-order valence-electron chi connectivity index (χ1n) is 9.00. The predicted molar refractivity (Wildman–Crippen MR) is 108 cm³/mol. The Balaban J connectivity index is 2.08. The van der Waals surface area contributed by atoms with E-state index >= 15 is 0 Å². The molecule has 1 atom stereocenters. The number of hydrogen-bond acceptors (Lipinski definition) is 7. The van der Waals surface area contributed by atoms with E-state index in [1.165, 1.54) is 0 Å². The van der Waals surface area contributed by atoms with E-state index in [9.17, 15) is 9.90 Å². The normalized spacial score (nSPS) is 11.6. The maximum atomic E-state index is 11.5. The van der Waals surface area contributed by atoms with Crippen LogP contribution in [0.4, 0.5) is 0 Å². The Morgan fingerprint density at radius 1 is 1.00 bits per heavy atom. The highest BCUT2D eigenvalue weighted by atomic mass is 16.7. The molecule has 2 aromatic carbocycles. The minimum atomic E-state index is -1.27. The Kier molecular flexibility index (Phi) is 6.31. The molecule has 0 bridgehead atoms. The summed E-state index contributed by atoms with van der Waals surface area (Å²) in [7, 11) is 0. The molecule has 7 heteroatoms. The Bertz CT molecular complexity index is 972. The second-order valence-corrected chi connectivity index (χ2v) is 6.27. The molecule has 1 heterocycles. The predicted octanol–water partition coefficient (Wildman–Crippen LogP) is 3.25. The summed E-state index contributed by atoms with van der Waals surface area (Å²) in [5.74, 6) is 0.104. The van der Waals surface area contributed by atoms with E-state index in [0.29, 0.717) is 11.6 Å². The number of rotatable bonds is 7. The van der Waals surface area contributed by atoms with Crippen LogP contribution in [0.5, 0.6) is 6.01 Å². The van der Waals surface area contributed by atoms with Gasteiger partial charge < -0.3 is 14.6 Å². The molecule has 0 fully saturated rings. The molecule has 0 saturated carbocycles. The van der Waals surface area contributed by atoms with Crippen molar-refractivity contribution in [3.05, 3.63) is 72.3 Å². The molecular formula is C22H21N3O4. The van der Waals surface area contributed by atoms with E-state index in [1.807, 2.05) is 62.4 Å². The number of carbonyl (C=O) groups is 1. The Morgan fingerprint density at radius 3 is 1.97 bits per heavy atom. The number of aromatic nitrogens is 3. The molecule has 0 saturated heterocycles. The highest BCUT2D eigenvalue weighted by molar-refractivity contribution is 5.81. The summed E-state index contributed by atoms with van der Waals surface area (Å²) in [6.07, 6.45) is -0.283. The van der Waals surface area contributed by atoms with Gasteiger partial charge in [-0.05, 0) is 25.0 Å². The van der Waals surface area contributed by atoms with E-state index in [0.717, 1.165) is 28.3 Å². The molecule has 0 aliphatic rings. The molecule has 0 spiro atoms. The molecule has 148 valence electrons. The van der Waals surface area contributed by atoms with Crippen LogP contribution in [0.3, 0.4) is 0 Å². The number of hydrogen-bond donors (Lipinski definition) is 1. The lowest BCUT2D eigenvalue weighted by Crippen LogP contribution is -2.28. The minimum absolute atomic E-state index is 0.0626. The first-order valence-corrected chi connectivity index (χ1v) is 9.00. The standard InChI is InChI=1S/C22H21N3O4/c1-4-18(27)28-19(13-26)29-22-24-20(16-11-7-5-9-14(16)2)23-21(25-22)17-12-8-6-10-15(17)3/h4-12,19,26H,1,13H2,2-3H3. The van der Waals surface area contributed by atoms with Crippen LogP contribution in [-0.2, 0) is 9.53 Å². The van der Waals surface area contributed by atoms with Crippen molar-refractivity contribution < 1.29 is 19.4 Å². The monoisotopic (exact) mass is 391 g/mol. The average Bonchev–Trinajstić information content (AvgIpc) is 2.73. The van der Waals surface area contributed by atoms with Gasteiger partial charge in [-0.25, -0.2) is 9.78 Å². The summed E-state index contributed by atoms with van der Waals surface area (Å²) in [5, 5.41) is 9.48. The first kappa shape index (κ1) is 20.2. The molecule has 3 aromatic rings. The maximum Gasteiger partial charge on any atom is 0.333 e. The number of ether oxygens (including phenoxy) is 2. The number of aliphatic hydroxyl groups is 1. The van der Waals surface area contributed by atoms with Gasteiger partial charge in [0.1, 0.15) is 6.61 Å². The van der Waals surface area contributed by atoms with Crippen LogP contribution in [0.2, 0.25) is 0 Å². The number of aliphatic hydroxyl groups excluding tert-OH is 1. The molecule has 1 unspecified atom stereocenters. The van der Waals surface area contributed by atoms with E-state index in [1.54, 1.807) is 0 Å². The van der Waals surface area contributed by atoms with E-state index in [4.69, 9.17) is 9.47 Å². The fraction of sp³-hybridized carbons (Fsp3) is 0.182. The van der Waals surface area contributed by atoms with Crippen molar-refractivity contribution in [2.45, 2.75) is 20.1 Å². The van der Waals surface area contributed by atoms with Gasteiger partial charge in [0.25, 0.3) is 6.29 Å². The summed E-state index contributed by atoms with van der Waals surface area (Å²) >= 11 is 0. The van der Waals surface area contributed by atoms with Crippen LogP contribution in [0.1, 0.15) is 11.1 Å². The lowest BCUT2D eigenvalue weighted by molar-refractivity contribution is -0.163. The van der Waals surface area contributed by atoms with Gasteiger partial charge in [0.15, 0.2) is 11.6 Å². The van der Waals surface area contributed by atoms with E-state index < -0.39 is 18.9 Å². The van der Waals surface area contributed by atoms with Gasteiger partial charge in [0.05, 0.1) is 0 Å². The third-order valence-electron chi connectivity index (χ3n) is 4.19. The van der Waals surface area contributed by atoms with Gasteiger partial charge in [-0.15, -0.1) is 0 Å². The van der Waals surface area contributed by atoms with Crippen molar-refractivity contribution in [1.29, 1.82) is 0 Å². The number of esters is 1. The van der Waals surface area contributed by atoms with Gasteiger partial charge in [-0.1, -0.05) is 55.1 Å². The first-order chi connectivity index (χ1) is 14.0. The molecule has 29 heavy (non-hydrogen) atoms. The summed E-state index contributed by atoms with van der Waals surface area (Å²) in [5.41, 5.74) is 3.60. The van der Waals surface area contributed by atoms with Gasteiger partial charge in [0, 0.05) is 17.2 Å². The zero-order chi connectivity index (χ0) is 20.8. The Labute approximate surface area is 168 Å². The minimum Gasteiger partial charge on any atom is -0.420 e. The molecule has 0 aliphatic carbocycles. The summed E-state index contributed by atoms with van der Waals surface area (Å²) < 4.78 is 10.5. The van der Waals surface area contributed by atoms with Gasteiger partial charge in [0.2, 0.25) is 0 Å². The van der Waals surface area contributed by atoms with Crippen LogP contribution in [0.25, 0.3) is 22.8 Å². The molecule has 0 radical (unpaired) electrons. The lowest BCUT2D eigenvalue weighted by Gasteiger charge is -2.16. The molecule has 1 aromatic heterocycles. The van der Waals surface area contributed by atoms with Crippen molar-refractivity contribution in [2.24, 2.45) is 0 Å². The zero-order valence-corrected chi connectivity index (χ0v) is 16.2. The average molecular weight is 391 g/mol. The third kappa shape index (κ3) is 4.83. The van der Waals surface area contributed by atoms with Gasteiger partial charge >= 0.3 is 12.0 Å². The fourth-order valence-corrected chi connectivity index (χ4v) is 2.69. The number of nitrogens with zero attached hydrogens (tertiary/aromatic N) is 3. The molecule has 1 N–H and O–H groups in total. The van der Waals surface area contributed by atoms with Crippen LogP contribution >= 0.6 is 0 Å². The quantitative estimate of drug-likeness (QED) is 0.375. The van der Waals surface area contributed by atoms with E-state index in [-0.39, 0.29) is 6.01 Å². The SMILES string of the molecule is C=CC(=O)OC(CO)Oc1nc(-c2ccccc2C)nc(-c2ccccc2C)n1. The zero-order valence-electron chi connectivity index (χ0n) is 16.2. The van der Waals surface area contributed by atoms with Crippen molar-refractivity contribution in [2.75, 3.05) is 6.61 Å². The van der Waals surface area contributed by atoms with Crippen LogP contribution in [0, 0.1) is 13.8 Å². The van der Waals surface area contributed by atoms with Crippen molar-refractivity contribution in [3.63, 3.8) is 0 Å². The van der Waals surface area contributed by atoms with E-state index in [2.05, 4.69) is 21.5 Å². The Hall–Kier alpha value is -3.58. The molecule has 0 aliphatic heterocycles. The molecular weight excluding hydrogens is 370 g/mol. The maximum absolute atomic E-state index is 11.5. The highest BCUT2D eigenvalue weighted by Gasteiger charge is 2.19. The van der Waals surface area contributed by atoms with Crippen LogP contribution < -0.4 is 4.74 Å². The van der Waals surface area contributed by atoms with Gasteiger partial charge in [-0.3, -0.25) is 0 Å². The fourth-order valence-electron chi connectivity index (χ4n) is 2.69. The molecule has 3 rings (SSSR count). The van der Waals surface area contributed by atoms with Crippen LogP contribution in [0.15, 0.2) is 61.2 Å². The summed E-state index contributed by atoms with van der Waals surface area (Å²) in [6, 6.07) is 15.3. The summed E-state index contributed by atoms with van der Waals surface area (Å²) in [4.78, 5) is 24.8. The van der Waals surface area contributed by atoms with Crippen LogP contribution in [-0.4, -0.2) is 38.9 Å². The van der Waals surface area contributed by atoms with Crippen molar-refractivity contribution >= 4 is 5.97 Å². The number of aryl methyl sites for hydroxylation is 2. The third-order valence-corrected chi connectivity index (χ3v) is 4.19. The molecule has 7 nitrogen and oxygen atoms in total. The smallest absolute Gasteiger partial charge is 0.333 e. The highest BCUT2D eigenvalue weighted by Crippen LogP contribution is 2.26. The van der Waals surface area contributed by atoms with Gasteiger partial charge in [-0.2, -0.15) is 9.97 Å². The Morgan fingerprint density at radius 2 is 1.52 bits per heavy atom. The van der Waals surface area contributed by atoms with Crippen molar-refractivity contribution in [3.8, 4) is 28.8 Å². The molecule has 0 amide bonds. The second-order valence-electron chi connectivity index (χ2n) is 6.27. The largest absolute Gasteiger partial charge is 0.420 e. The number of benzene rings is 2. The number of carbonyl (C=O) groups excluding carboxylic acids is 1. The summed E-state index contributed by atoms with van der Waals surface area (Å²) in [6.45, 7) is 6.67. The second kappa shape index (κ2) is 9.07. The van der Waals surface area contributed by atoms with Crippen molar-refractivity contribution in [1.82, 2.24) is 15.0 Å². The topological polar surface area (TPSA) is 94.4 Å². The lowest BCUT2D eigenvalue weighted by atomic mass is 10.1.